The quantitative estimate of drug-likeness (QED) is 0.317. The average Bonchev–Trinajstić information content (AvgIpc) is 3.59. The molecular weight excluding hydrogens is 492 g/mol. The van der Waals surface area contributed by atoms with Crippen molar-refractivity contribution in [3.05, 3.63) is 67.1 Å². The van der Waals surface area contributed by atoms with Crippen LogP contribution in [0, 0.1) is 0 Å². The van der Waals surface area contributed by atoms with Gasteiger partial charge >= 0.3 is 6.09 Å². The normalized spacial score (nSPS) is 17.4. The maximum absolute atomic E-state index is 12.9. The highest BCUT2D eigenvalue weighted by Gasteiger charge is 2.36. The molecule has 7 rings (SSSR count). The molecule has 39 heavy (non-hydrogen) atoms. The van der Waals surface area contributed by atoms with Crippen molar-refractivity contribution in [3.63, 3.8) is 0 Å². The molecule has 5 heterocycles. The van der Waals surface area contributed by atoms with E-state index in [0.717, 1.165) is 57.7 Å². The van der Waals surface area contributed by atoms with E-state index >= 15 is 0 Å². The van der Waals surface area contributed by atoms with Gasteiger partial charge in [-0.25, -0.2) is 14.8 Å². The van der Waals surface area contributed by atoms with E-state index in [0.29, 0.717) is 19.0 Å². The summed E-state index contributed by atoms with van der Waals surface area (Å²) in [5.74, 6) is 1.59. The van der Waals surface area contributed by atoms with Gasteiger partial charge < -0.3 is 24.3 Å². The van der Waals surface area contributed by atoms with E-state index in [9.17, 15) is 4.79 Å². The van der Waals surface area contributed by atoms with Crippen molar-refractivity contribution >= 4 is 45.1 Å². The number of rotatable bonds is 2. The molecule has 1 atom stereocenters. The van der Waals surface area contributed by atoms with Crippen LogP contribution < -0.4 is 9.80 Å². The molecule has 3 aromatic heterocycles. The Balaban J connectivity index is 1.35. The van der Waals surface area contributed by atoms with Gasteiger partial charge in [0.15, 0.2) is 11.6 Å². The Kier molecular flexibility index (Phi) is 5.38. The van der Waals surface area contributed by atoms with Crippen molar-refractivity contribution in [2.75, 3.05) is 36.1 Å². The SMILES string of the molecule is CC(C)(C)OC(=O)n1ccc2c(N3CC4COCCN4c4nc(-c5cccc6[nH]ccc56)ncc43)cccc21. The van der Waals surface area contributed by atoms with E-state index < -0.39 is 11.7 Å². The highest BCUT2D eigenvalue weighted by molar-refractivity contribution is 6.00. The second kappa shape index (κ2) is 8.84. The minimum Gasteiger partial charge on any atom is -0.443 e. The van der Waals surface area contributed by atoms with E-state index in [2.05, 4.69) is 39.0 Å². The van der Waals surface area contributed by atoms with Gasteiger partial charge in [0, 0.05) is 47.3 Å². The van der Waals surface area contributed by atoms with Crippen LogP contribution in [0.15, 0.2) is 67.1 Å². The molecule has 1 saturated heterocycles. The minimum absolute atomic E-state index is 0.139. The first kappa shape index (κ1) is 23.7. The van der Waals surface area contributed by atoms with Gasteiger partial charge in [0.2, 0.25) is 0 Å². The number of hydrogen-bond acceptors (Lipinski definition) is 7. The fourth-order valence-corrected chi connectivity index (χ4v) is 5.66. The summed E-state index contributed by atoms with van der Waals surface area (Å²) in [5.41, 5.74) is 4.20. The zero-order valence-corrected chi connectivity index (χ0v) is 22.2. The molecule has 1 N–H and O–H groups in total. The van der Waals surface area contributed by atoms with Crippen LogP contribution in [-0.2, 0) is 9.47 Å². The number of hydrogen-bond donors (Lipinski definition) is 1. The summed E-state index contributed by atoms with van der Waals surface area (Å²) in [4.78, 5) is 30.8. The number of H-pyrrole nitrogens is 1. The number of fused-ring (bicyclic) bond motifs is 5. The summed E-state index contributed by atoms with van der Waals surface area (Å²) >= 11 is 0. The maximum Gasteiger partial charge on any atom is 0.418 e. The molecule has 0 radical (unpaired) electrons. The fourth-order valence-electron chi connectivity index (χ4n) is 5.66. The molecule has 0 saturated carbocycles. The minimum atomic E-state index is -0.582. The summed E-state index contributed by atoms with van der Waals surface area (Å²) in [7, 11) is 0. The summed E-state index contributed by atoms with van der Waals surface area (Å²) < 4.78 is 13.1. The number of aromatic amines is 1. The third-order valence-corrected chi connectivity index (χ3v) is 7.36. The second-order valence-electron chi connectivity index (χ2n) is 11.1. The standard InChI is InChI=1S/C30H30N6O3/c1-30(2,3)39-29(37)35-13-11-22-24(35)8-5-9-25(22)36-17-19-18-38-15-14-34(19)28-26(36)16-32-27(33-28)21-6-4-7-23-20(21)10-12-31-23/h4-13,16,19,31H,14-15,17-18H2,1-3H3. The Hall–Kier alpha value is -4.37. The third-order valence-electron chi connectivity index (χ3n) is 7.36. The van der Waals surface area contributed by atoms with Crippen molar-refractivity contribution in [2.24, 2.45) is 0 Å². The van der Waals surface area contributed by atoms with Crippen LogP contribution in [0.2, 0.25) is 0 Å². The van der Waals surface area contributed by atoms with Gasteiger partial charge in [-0.3, -0.25) is 4.57 Å². The number of anilines is 3. The molecule has 0 spiro atoms. The maximum atomic E-state index is 12.9. The molecule has 0 amide bonds. The zero-order chi connectivity index (χ0) is 26.7. The van der Waals surface area contributed by atoms with E-state index in [1.54, 1.807) is 10.8 Å². The lowest BCUT2D eigenvalue weighted by atomic mass is 10.1. The number of morpholine rings is 1. The van der Waals surface area contributed by atoms with Crippen LogP contribution >= 0.6 is 0 Å². The first-order valence-electron chi connectivity index (χ1n) is 13.3. The highest BCUT2D eigenvalue weighted by atomic mass is 16.6. The van der Waals surface area contributed by atoms with Gasteiger partial charge in [0.05, 0.1) is 36.7 Å². The van der Waals surface area contributed by atoms with Crippen molar-refractivity contribution in [1.29, 1.82) is 0 Å². The second-order valence-corrected chi connectivity index (χ2v) is 11.1. The molecule has 1 unspecified atom stereocenters. The smallest absolute Gasteiger partial charge is 0.418 e. The topological polar surface area (TPSA) is 88.5 Å². The molecule has 5 aromatic rings. The molecule has 1 fully saturated rings. The monoisotopic (exact) mass is 522 g/mol. The van der Waals surface area contributed by atoms with Crippen LogP contribution in [0.1, 0.15) is 20.8 Å². The van der Waals surface area contributed by atoms with E-state index in [1.165, 1.54) is 0 Å². The number of ether oxygens (including phenoxy) is 2. The van der Waals surface area contributed by atoms with Gasteiger partial charge in [-0.05, 0) is 51.1 Å². The number of nitrogens with one attached hydrogen (secondary N) is 1. The molecule has 2 aliphatic rings. The summed E-state index contributed by atoms with van der Waals surface area (Å²) in [6.07, 6.45) is 5.25. The van der Waals surface area contributed by atoms with Crippen molar-refractivity contribution in [2.45, 2.75) is 32.4 Å². The first-order valence-corrected chi connectivity index (χ1v) is 13.3. The molecule has 9 heteroatoms. The summed E-state index contributed by atoms with van der Waals surface area (Å²) in [5, 5.41) is 2.05. The van der Waals surface area contributed by atoms with Gasteiger partial charge in [-0.1, -0.05) is 18.2 Å². The van der Waals surface area contributed by atoms with Gasteiger partial charge in [0.25, 0.3) is 0 Å². The molecular formula is C30H30N6O3. The highest BCUT2D eigenvalue weighted by Crippen LogP contribution is 2.42. The predicted molar refractivity (Wildman–Crippen MR) is 152 cm³/mol. The van der Waals surface area contributed by atoms with Crippen molar-refractivity contribution in [1.82, 2.24) is 19.5 Å². The number of benzene rings is 2. The molecule has 0 aliphatic carbocycles. The first-order chi connectivity index (χ1) is 18.9. The van der Waals surface area contributed by atoms with E-state index in [4.69, 9.17) is 19.4 Å². The van der Waals surface area contributed by atoms with E-state index in [-0.39, 0.29) is 6.04 Å². The van der Waals surface area contributed by atoms with Crippen LogP contribution in [0.3, 0.4) is 0 Å². The molecule has 198 valence electrons. The average molecular weight is 523 g/mol. The molecule has 9 nitrogen and oxygen atoms in total. The van der Waals surface area contributed by atoms with Crippen LogP contribution in [0.4, 0.5) is 22.0 Å². The Morgan fingerprint density at radius 1 is 1.08 bits per heavy atom. The van der Waals surface area contributed by atoms with E-state index in [1.807, 2.05) is 57.4 Å². The number of aromatic nitrogens is 4. The summed E-state index contributed by atoms with van der Waals surface area (Å²) in [6, 6.07) is 16.3. The lowest BCUT2D eigenvalue weighted by Crippen LogP contribution is -2.54. The Labute approximate surface area is 226 Å². The van der Waals surface area contributed by atoms with Gasteiger partial charge in [0.1, 0.15) is 11.3 Å². The predicted octanol–water partition coefficient (Wildman–Crippen LogP) is 5.72. The lowest BCUT2D eigenvalue weighted by Gasteiger charge is -2.45. The summed E-state index contributed by atoms with van der Waals surface area (Å²) in [6.45, 7) is 8.39. The molecule has 2 aromatic carbocycles. The van der Waals surface area contributed by atoms with Crippen LogP contribution in [0.5, 0.6) is 0 Å². The number of carbonyl (C=O) groups excluding carboxylic acids is 1. The number of carbonyl (C=O) groups is 1. The largest absolute Gasteiger partial charge is 0.443 e. The van der Waals surface area contributed by atoms with Crippen molar-refractivity contribution in [3.8, 4) is 11.4 Å². The van der Waals surface area contributed by atoms with Crippen LogP contribution in [-0.4, -0.2) is 63.6 Å². The van der Waals surface area contributed by atoms with Crippen molar-refractivity contribution < 1.29 is 14.3 Å². The lowest BCUT2D eigenvalue weighted by molar-refractivity contribution is 0.0544. The Morgan fingerprint density at radius 2 is 1.95 bits per heavy atom. The number of nitrogens with zero attached hydrogens (tertiary/aromatic N) is 5. The van der Waals surface area contributed by atoms with Gasteiger partial charge in [-0.2, -0.15) is 0 Å². The molecule has 2 aliphatic heterocycles. The molecule has 0 bridgehead atoms. The zero-order valence-electron chi connectivity index (χ0n) is 22.2. The third kappa shape index (κ3) is 4.01. The fraction of sp³-hybridized carbons (Fsp3) is 0.300. The Morgan fingerprint density at radius 3 is 2.82 bits per heavy atom. The van der Waals surface area contributed by atoms with Gasteiger partial charge in [-0.15, -0.1) is 0 Å². The Bertz CT molecular complexity index is 1720. The van der Waals surface area contributed by atoms with Crippen LogP contribution in [0.25, 0.3) is 33.2 Å².